The molecule has 4 aromatic rings. The first-order valence-electron chi connectivity index (χ1n) is 10.6. The molecule has 12 heteroatoms. The Labute approximate surface area is 191 Å². The zero-order valence-corrected chi connectivity index (χ0v) is 17.9. The van der Waals surface area contributed by atoms with Gasteiger partial charge in [0.1, 0.15) is 0 Å². The molecule has 176 valence electrons. The predicted molar refractivity (Wildman–Crippen MR) is 115 cm³/mol. The molecule has 0 bridgehead atoms. The lowest BCUT2D eigenvalue weighted by molar-refractivity contribution is -0.155. The Hall–Kier alpha value is -3.80. The van der Waals surface area contributed by atoms with Gasteiger partial charge in [0.05, 0.1) is 43.6 Å². The maximum atomic E-state index is 13.3. The third kappa shape index (κ3) is 4.49. The summed E-state index contributed by atoms with van der Waals surface area (Å²) in [6, 6.07) is 4.88. The van der Waals surface area contributed by atoms with Gasteiger partial charge in [-0.3, -0.25) is 4.79 Å². The van der Waals surface area contributed by atoms with E-state index in [1.165, 1.54) is 21.8 Å². The molecule has 0 aromatic carbocycles. The minimum absolute atomic E-state index is 0.207. The summed E-state index contributed by atoms with van der Waals surface area (Å²) in [5, 5.41) is 4.33. The van der Waals surface area contributed by atoms with Crippen molar-refractivity contribution >= 4 is 17.1 Å². The summed E-state index contributed by atoms with van der Waals surface area (Å²) in [7, 11) is 0. The molecule has 0 radical (unpaired) electrons. The maximum absolute atomic E-state index is 13.3. The molecule has 1 unspecified atom stereocenters. The molecule has 4 aromatic heterocycles. The highest BCUT2D eigenvalue weighted by molar-refractivity contribution is 5.89. The van der Waals surface area contributed by atoms with Crippen LogP contribution in [0.4, 0.5) is 13.2 Å². The Morgan fingerprint density at radius 1 is 1.12 bits per heavy atom. The van der Waals surface area contributed by atoms with Gasteiger partial charge in [-0.05, 0) is 17.7 Å². The monoisotopic (exact) mass is 471 g/mol. The lowest BCUT2D eigenvalue weighted by atomic mass is 9.95. The van der Waals surface area contributed by atoms with Gasteiger partial charge in [0.2, 0.25) is 5.91 Å². The summed E-state index contributed by atoms with van der Waals surface area (Å²) in [4.78, 5) is 30.0. The summed E-state index contributed by atoms with van der Waals surface area (Å²) >= 11 is 0. The van der Waals surface area contributed by atoms with Crippen molar-refractivity contribution in [2.45, 2.75) is 18.5 Å². The number of H-pyrrole nitrogens is 1. The summed E-state index contributed by atoms with van der Waals surface area (Å²) in [5.74, 6) is -1.52. The van der Waals surface area contributed by atoms with Crippen LogP contribution >= 0.6 is 0 Å². The van der Waals surface area contributed by atoms with Crippen molar-refractivity contribution in [2.75, 3.05) is 26.3 Å². The zero-order valence-electron chi connectivity index (χ0n) is 17.9. The fourth-order valence-corrected chi connectivity index (χ4v) is 4.00. The first-order chi connectivity index (χ1) is 16.4. The van der Waals surface area contributed by atoms with Crippen molar-refractivity contribution < 1.29 is 22.7 Å². The van der Waals surface area contributed by atoms with Crippen LogP contribution in [0.3, 0.4) is 0 Å². The summed E-state index contributed by atoms with van der Waals surface area (Å²) in [6.45, 7) is 1.16. The van der Waals surface area contributed by atoms with Crippen LogP contribution in [0.15, 0.2) is 49.3 Å². The number of aromatic nitrogens is 6. The molecule has 1 fully saturated rings. The number of hydrogen-bond acceptors (Lipinski definition) is 6. The highest BCUT2D eigenvalue weighted by atomic mass is 19.4. The third-order valence-electron chi connectivity index (χ3n) is 5.68. The summed E-state index contributed by atoms with van der Waals surface area (Å²) < 4.78 is 46.5. The molecule has 1 aliphatic heterocycles. The number of imidazole rings is 1. The lowest BCUT2D eigenvalue weighted by Crippen LogP contribution is -2.43. The number of pyridine rings is 2. The first-order valence-corrected chi connectivity index (χ1v) is 10.6. The number of fused-ring (bicyclic) bond motifs is 1. The number of halogens is 3. The number of ether oxygens (including phenoxy) is 1. The number of amides is 1. The van der Waals surface area contributed by atoms with Gasteiger partial charge in [-0.25, -0.2) is 19.6 Å². The molecule has 5 heterocycles. The number of carbonyl (C=O) groups excluding carboxylic acids is 1. The second-order valence-corrected chi connectivity index (χ2v) is 7.89. The van der Waals surface area contributed by atoms with Gasteiger partial charge < -0.3 is 14.6 Å². The number of morpholine rings is 1. The van der Waals surface area contributed by atoms with E-state index in [0.717, 1.165) is 16.6 Å². The highest BCUT2D eigenvalue weighted by Crippen LogP contribution is 2.33. The zero-order chi connectivity index (χ0) is 23.7. The second-order valence-electron chi connectivity index (χ2n) is 7.89. The third-order valence-corrected chi connectivity index (χ3v) is 5.68. The Morgan fingerprint density at radius 3 is 2.68 bits per heavy atom. The Bertz CT molecular complexity index is 1290. The SMILES string of the molecule is O=C(C(CC(F)(F)F)c1ccc(-n2cc(-c3ccnc4nc[nH]c34)cn2)nc1)N1CCOCC1. The quantitative estimate of drug-likeness (QED) is 0.480. The van der Waals surface area contributed by atoms with Crippen LogP contribution in [-0.2, 0) is 9.53 Å². The van der Waals surface area contributed by atoms with E-state index in [1.807, 2.05) is 6.07 Å². The fourth-order valence-electron chi connectivity index (χ4n) is 4.00. The molecule has 1 amide bonds. The minimum Gasteiger partial charge on any atom is -0.378 e. The molecule has 9 nitrogen and oxygen atoms in total. The predicted octanol–water partition coefficient (Wildman–Crippen LogP) is 3.10. The molecular weight excluding hydrogens is 451 g/mol. The average Bonchev–Trinajstić information content (AvgIpc) is 3.52. The number of aromatic amines is 1. The van der Waals surface area contributed by atoms with Crippen LogP contribution in [0.25, 0.3) is 28.1 Å². The largest absolute Gasteiger partial charge is 0.390 e. The summed E-state index contributed by atoms with van der Waals surface area (Å²) in [6.07, 6.45) is 2.17. The van der Waals surface area contributed by atoms with E-state index in [4.69, 9.17) is 4.74 Å². The first kappa shape index (κ1) is 22.0. The van der Waals surface area contributed by atoms with Crippen LogP contribution in [0.2, 0.25) is 0 Å². The number of hydrogen-bond donors (Lipinski definition) is 1. The average molecular weight is 471 g/mol. The van der Waals surface area contributed by atoms with Crippen molar-refractivity contribution in [2.24, 2.45) is 0 Å². The van der Waals surface area contributed by atoms with E-state index in [-0.39, 0.29) is 18.7 Å². The van der Waals surface area contributed by atoms with E-state index in [9.17, 15) is 18.0 Å². The molecule has 1 atom stereocenters. The standard InChI is InChI=1S/C22H20F3N7O2/c23-22(24,25)9-17(21(33)31-5-7-34-8-6-31)14-1-2-18(27-10-14)32-12-15(11-30-32)16-3-4-26-20-19(16)28-13-29-20/h1-4,10-13,17H,5-9H2,(H,26,28,29). The molecule has 0 aliphatic carbocycles. The van der Waals surface area contributed by atoms with Gasteiger partial charge in [0, 0.05) is 42.8 Å². The van der Waals surface area contributed by atoms with E-state index in [2.05, 4.69) is 25.0 Å². The Kier molecular flexibility index (Phi) is 5.74. The summed E-state index contributed by atoms with van der Waals surface area (Å²) in [5.41, 5.74) is 3.19. The number of alkyl halides is 3. The van der Waals surface area contributed by atoms with Gasteiger partial charge in [-0.15, -0.1) is 0 Å². The number of nitrogens with one attached hydrogen (secondary N) is 1. The van der Waals surface area contributed by atoms with Crippen molar-refractivity contribution in [1.82, 2.24) is 34.6 Å². The van der Waals surface area contributed by atoms with Gasteiger partial charge in [-0.1, -0.05) is 6.07 Å². The molecule has 1 aliphatic rings. The van der Waals surface area contributed by atoms with Crippen LogP contribution < -0.4 is 0 Å². The minimum atomic E-state index is -4.50. The van der Waals surface area contributed by atoms with Crippen LogP contribution in [0.1, 0.15) is 17.9 Å². The van der Waals surface area contributed by atoms with Crippen molar-refractivity contribution in [1.29, 1.82) is 0 Å². The van der Waals surface area contributed by atoms with Gasteiger partial charge in [-0.2, -0.15) is 18.3 Å². The molecule has 0 spiro atoms. The number of rotatable bonds is 5. The molecule has 1 N–H and O–H groups in total. The van der Waals surface area contributed by atoms with E-state index < -0.39 is 24.4 Å². The Balaban J connectivity index is 1.40. The highest BCUT2D eigenvalue weighted by Gasteiger charge is 2.38. The smallest absolute Gasteiger partial charge is 0.378 e. The molecule has 1 saturated heterocycles. The van der Waals surface area contributed by atoms with Gasteiger partial charge in [0.15, 0.2) is 11.5 Å². The van der Waals surface area contributed by atoms with Crippen molar-refractivity contribution in [3.8, 4) is 16.9 Å². The van der Waals surface area contributed by atoms with Gasteiger partial charge >= 0.3 is 6.18 Å². The van der Waals surface area contributed by atoms with E-state index in [1.54, 1.807) is 31.0 Å². The fraction of sp³-hybridized carbons (Fsp3) is 0.318. The van der Waals surface area contributed by atoms with Crippen molar-refractivity contribution in [3.63, 3.8) is 0 Å². The normalized spacial score (nSPS) is 15.6. The molecule has 5 rings (SSSR count). The van der Waals surface area contributed by atoms with Crippen LogP contribution in [0.5, 0.6) is 0 Å². The van der Waals surface area contributed by atoms with E-state index in [0.29, 0.717) is 24.7 Å². The number of carbonyl (C=O) groups is 1. The van der Waals surface area contributed by atoms with Crippen LogP contribution in [0, 0.1) is 0 Å². The van der Waals surface area contributed by atoms with Crippen LogP contribution in [-0.4, -0.2) is 73.0 Å². The van der Waals surface area contributed by atoms with E-state index >= 15 is 0 Å². The topological polar surface area (TPSA) is 102 Å². The second kappa shape index (κ2) is 8.86. The number of nitrogens with zero attached hydrogens (tertiary/aromatic N) is 6. The molecule has 34 heavy (non-hydrogen) atoms. The maximum Gasteiger partial charge on any atom is 0.390 e. The van der Waals surface area contributed by atoms with Gasteiger partial charge in [0.25, 0.3) is 0 Å². The molecule has 0 saturated carbocycles. The molecular formula is C22H20F3N7O2. The lowest BCUT2D eigenvalue weighted by Gasteiger charge is -2.31. The Morgan fingerprint density at radius 2 is 1.94 bits per heavy atom. The van der Waals surface area contributed by atoms with Crippen molar-refractivity contribution in [3.05, 3.63) is 54.9 Å².